The molecule has 1 fully saturated rings. The molecular formula is C12H20N4O2S. The van der Waals surface area contributed by atoms with E-state index in [1.807, 2.05) is 7.05 Å². The van der Waals surface area contributed by atoms with Crippen LogP contribution in [0.25, 0.3) is 0 Å². The van der Waals surface area contributed by atoms with E-state index in [1.165, 1.54) is 25.0 Å². The average Bonchev–Trinajstić information content (AvgIpc) is 3.23. The molecule has 0 aliphatic heterocycles. The van der Waals surface area contributed by atoms with E-state index in [2.05, 4.69) is 15.0 Å². The number of hydrogen-bond acceptors (Lipinski definition) is 5. The lowest BCUT2D eigenvalue weighted by Crippen LogP contribution is -2.33. The summed E-state index contributed by atoms with van der Waals surface area (Å²) in [5, 5.41) is 0. The Bertz CT molecular complexity index is 511. The lowest BCUT2D eigenvalue weighted by atomic mass is 10.3. The largest absolute Gasteiger partial charge is 0.324 e. The second-order valence-corrected chi connectivity index (χ2v) is 6.55. The number of likely N-dealkylation sites (N-methyl/N-ethyl adjacent to an activating group) is 1. The Morgan fingerprint density at radius 2 is 1.95 bits per heavy atom. The number of nitrogen functional groups attached to an aromatic ring is 1. The number of rotatable bonds is 7. The third-order valence-corrected chi connectivity index (χ3v) is 4.74. The second-order valence-electron chi connectivity index (χ2n) is 4.78. The standard InChI is InChI=1S/C12H20N4O2S/c1-16(11-4-5-11)9-8-14-19(17,18)12-6-2-10(15-13)3-7-12/h2-3,6-7,11,14-15H,4-5,8-9,13H2,1H3. The molecule has 0 atom stereocenters. The van der Waals surface area contributed by atoms with E-state index in [0.29, 0.717) is 18.3 Å². The summed E-state index contributed by atoms with van der Waals surface area (Å²) in [6.45, 7) is 1.15. The van der Waals surface area contributed by atoms with Crippen molar-refractivity contribution in [2.75, 3.05) is 25.6 Å². The van der Waals surface area contributed by atoms with E-state index in [4.69, 9.17) is 5.84 Å². The number of hydrogen-bond donors (Lipinski definition) is 3. The Hall–Kier alpha value is -1.15. The normalized spacial score (nSPS) is 15.7. The fourth-order valence-electron chi connectivity index (χ4n) is 1.87. The highest BCUT2D eigenvalue weighted by molar-refractivity contribution is 7.89. The Kier molecular flexibility index (Phi) is 4.41. The van der Waals surface area contributed by atoms with Crippen molar-refractivity contribution in [1.82, 2.24) is 9.62 Å². The van der Waals surface area contributed by atoms with Crippen LogP contribution < -0.4 is 16.0 Å². The molecule has 0 unspecified atom stereocenters. The number of nitrogens with zero attached hydrogens (tertiary/aromatic N) is 1. The summed E-state index contributed by atoms with van der Waals surface area (Å²) in [5.41, 5.74) is 3.13. The third-order valence-electron chi connectivity index (χ3n) is 3.26. The highest BCUT2D eigenvalue weighted by Crippen LogP contribution is 2.24. The third kappa shape index (κ3) is 3.90. The van der Waals surface area contributed by atoms with Gasteiger partial charge < -0.3 is 10.3 Å². The lowest BCUT2D eigenvalue weighted by molar-refractivity contribution is 0.329. The molecule has 7 heteroatoms. The Morgan fingerprint density at radius 1 is 1.32 bits per heavy atom. The summed E-state index contributed by atoms with van der Waals surface area (Å²) in [6, 6.07) is 6.96. The fraction of sp³-hybridized carbons (Fsp3) is 0.500. The van der Waals surface area contributed by atoms with Crippen LogP contribution in [-0.2, 0) is 10.0 Å². The van der Waals surface area contributed by atoms with Crippen molar-refractivity contribution in [3.63, 3.8) is 0 Å². The first-order valence-corrected chi connectivity index (χ1v) is 7.78. The minimum absolute atomic E-state index is 0.251. The van der Waals surface area contributed by atoms with Crippen molar-refractivity contribution < 1.29 is 8.42 Å². The number of nitrogens with one attached hydrogen (secondary N) is 2. The van der Waals surface area contributed by atoms with Crippen molar-refractivity contribution in [3.05, 3.63) is 24.3 Å². The van der Waals surface area contributed by atoms with Gasteiger partial charge in [-0.25, -0.2) is 13.1 Å². The predicted octanol–water partition coefficient (Wildman–Crippen LogP) is 0.345. The van der Waals surface area contributed by atoms with Gasteiger partial charge in [-0.3, -0.25) is 5.84 Å². The number of anilines is 1. The zero-order chi connectivity index (χ0) is 13.9. The molecule has 1 aliphatic rings. The summed E-state index contributed by atoms with van der Waals surface area (Å²) in [5.74, 6) is 5.24. The molecule has 0 amide bonds. The zero-order valence-corrected chi connectivity index (χ0v) is 11.8. The summed E-state index contributed by atoms with van der Waals surface area (Å²) in [7, 11) is -1.41. The maximum absolute atomic E-state index is 12.0. The van der Waals surface area contributed by atoms with Crippen LogP contribution in [0.2, 0.25) is 0 Å². The number of hydrazine groups is 1. The first-order valence-electron chi connectivity index (χ1n) is 6.29. The molecule has 6 nitrogen and oxygen atoms in total. The smallest absolute Gasteiger partial charge is 0.240 e. The summed E-state index contributed by atoms with van der Waals surface area (Å²) in [4.78, 5) is 2.44. The minimum Gasteiger partial charge on any atom is -0.324 e. The van der Waals surface area contributed by atoms with Crippen LogP contribution in [0.4, 0.5) is 5.69 Å². The molecule has 1 saturated carbocycles. The molecule has 0 heterocycles. The summed E-state index contributed by atoms with van der Waals surface area (Å²) >= 11 is 0. The Balaban J connectivity index is 1.89. The minimum atomic E-state index is -3.43. The molecule has 0 spiro atoms. The van der Waals surface area contributed by atoms with Gasteiger partial charge in [-0.15, -0.1) is 0 Å². The quantitative estimate of drug-likeness (QED) is 0.496. The SMILES string of the molecule is CN(CCNS(=O)(=O)c1ccc(NN)cc1)C1CC1. The molecule has 0 radical (unpaired) electrons. The summed E-state index contributed by atoms with van der Waals surface area (Å²) in [6.07, 6.45) is 2.44. The van der Waals surface area contributed by atoms with Gasteiger partial charge >= 0.3 is 0 Å². The van der Waals surface area contributed by atoms with E-state index in [1.54, 1.807) is 12.1 Å². The molecule has 19 heavy (non-hydrogen) atoms. The van der Waals surface area contributed by atoms with Crippen molar-refractivity contribution >= 4 is 15.7 Å². The van der Waals surface area contributed by atoms with E-state index >= 15 is 0 Å². The number of sulfonamides is 1. The Morgan fingerprint density at radius 3 is 2.47 bits per heavy atom. The van der Waals surface area contributed by atoms with Crippen LogP contribution in [0, 0.1) is 0 Å². The molecule has 1 aliphatic carbocycles. The zero-order valence-electron chi connectivity index (χ0n) is 11.0. The second kappa shape index (κ2) is 5.87. The van der Waals surface area contributed by atoms with E-state index in [0.717, 1.165) is 6.54 Å². The van der Waals surface area contributed by atoms with Crippen LogP contribution in [0.3, 0.4) is 0 Å². The van der Waals surface area contributed by atoms with Crippen molar-refractivity contribution in [2.45, 2.75) is 23.8 Å². The molecular weight excluding hydrogens is 264 g/mol. The van der Waals surface area contributed by atoms with Gasteiger partial charge in [-0.1, -0.05) is 0 Å². The first-order chi connectivity index (χ1) is 9.03. The van der Waals surface area contributed by atoms with Crippen LogP contribution in [0.15, 0.2) is 29.2 Å². The summed E-state index contributed by atoms with van der Waals surface area (Å²) < 4.78 is 26.6. The van der Waals surface area contributed by atoms with Gasteiger partial charge in [0.2, 0.25) is 10.0 Å². The van der Waals surface area contributed by atoms with Crippen molar-refractivity contribution in [2.24, 2.45) is 5.84 Å². The van der Waals surface area contributed by atoms with E-state index < -0.39 is 10.0 Å². The van der Waals surface area contributed by atoms with Crippen LogP contribution in [0.5, 0.6) is 0 Å². The molecule has 1 aromatic carbocycles. The van der Waals surface area contributed by atoms with Crippen molar-refractivity contribution in [1.29, 1.82) is 0 Å². The maximum atomic E-state index is 12.0. The van der Waals surface area contributed by atoms with Gasteiger partial charge in [0.25, 0.3) is 0 Å². The topological polar surface area (TPSA) is 87.5 Å². The predicted molar refractivity (Wildman–Crippen MR) is 75.1 cm³/mol. The highest BCUT2D eigenvalue weighted by Gasteiger charge is 2.25. The molecule has 0 aromatic heterocycles. The molecule has 0 bridgehead atoms. The van der Waals surface area contributed by atoms with Crippen LogP contribution in [0.1, 0.15) is 12.8 Å². The monoisotopic (exact) mass is 284 g/mol. The molecule has 0 saturated heterocycles. The Labute approximate surface area is 114 Å². The first kappa shape index (κ1) is 14.3. The molecule has 2 rings (SSSR count). The van der Waals surface area contributed by atoms with Gasteiger partial charge in [0.1, 0.15) is 0 Å². The molecule has 106 valence electrons. The van der Waals surface area contributed by atoms with E-state index in [-0.39, 0.29) is 4.90 Å². The van der Waals surface area contributed by atoms with Gasteiger partial charge in [-0.05, 0) is 44.2 Å². The molecule has 4 N–H and O–H groups in total. The average molecular weight is 284 g/mol. The van der Waals surface area contributed by atoms with Gasteiger partial charge in [0, 0.05) is 24.8 Å². The number of nitrogens with two attached hydrogens (primary N) is 1. The lowest BCUT2D eigenvalue weighted by Gasteiger charge is -2.15. The van der Waals surface area contributed by atoms with Gasteiger partial charge in [0.05, 0.1) is 4.90 Å². The highest BCUT2D eigenvalue weighted by atomic mass is 32.2. The van der Waals surface area contributed by atoms with Crippen molar-refractivity contribution in [3.8, 4) is 0 Å². The fourth-order valence-corrected chi connectivity index (χ4v) is 2.89. The number of benzene rings is 1. The van der Waals surface area contributed by atoms with Crippen LogP contribution in [-0.4, -0.2) is 39.5 Å². The van der Waals surface area contributed by atoms with Gasteiger partial charge in [-0.2, -0.15) is 0 Å². The molecule has 1 aromatic rings. The van der Waals surface area contributed by atoms with E-state index in [9.17, 15) is 8.42 Å². The maximum Gasteiger partial charge on any atom is 0.240 e. The van der Waals surface area contributed by atoms with Crippen LogP contribution >= 0.6 is 0 Å². The van der Waals surface area contributed by atoms with Gasteiger partial charge in [0.15, 0.2) is 0 Å².